The van der Waals surface area contributed by atoms with E-state index in [-0.39, 0.29) is 11.5 Å². The van der Waals surface area contributed by atoms with Gasteiger partial charge in [0.05, 0.1) is 10.7 Å². The molecule has 0 bridgehead atoms. The van der Waals surface area contributed by atoms with Crippen molar-refractivity contribution in [1.29, 1.82) is 0 Å². The molecule has 0 amide bonds. The van der Waals surface area contributed by atoms with Gasteiger partial charge in [0.1, 0.15) is 22.3 Å². The second kappa shape index (κ2) is 9.12. The number of nitrogens with zero attached hydrogens (tertiary/aromatic N) is 1. The molecule has 0 saturated carbocycles. The minimum Gasteiger partial charge on any atom is -0.474 e. The molecule has 5 rings (SSSR count). The number of hydrogen-bond donors (Lipinski definition) is 1. The summed E-state index contributed by atoms with van der Waals surface area (Å²) in [5.74, 6) is -3.83. The van der Waals surface area contributed by atoms with Crippen molar-refractivity contribution in [2.24, 2.45) is 0 Å². The van der Waals surface area contributed by atoms with Crippen LogP contribution in [0.4, 0.5) is 13.2 Å². The molecule has 0 spiro atoms. The van der Waals surface area contributed by atoms with Gasteiger partial charge in [-0.05, 0) is 45.7 Å². The van der Waals surface area contributed by atoms with E-state index in [0.29, 0.717) is 28.6 Å². The number of hydrogen-bond acceptors (Lipinski definition) is 5. The summed E-state index contributed by atoms with van der Waals surface area (Å²) in [6.45, 7) is 0. The van der Waals surface area contributed by atoms with E-state index in [9.17, 15) is 31.7 Å². The summed E-state index contributed by atoms with van der Waals surface area (Å²) in [5.41, 5.74) is 1.45. The summed E-state index contributed by atoms with van der Waals surface area (Å²) >= 11 is 0. The maximum Gasteiger partial charge on any atom is 0.291 e. The summed E-state index contributed by atoms with van der Waals surface area (Å²) < 4.78 is 69.7. The monoisotopic (exact) mass is 511 g/mol. The van der Waals surface area contributed by atoms with Gasteiger partial charge in [-0.3, -0.25) is 10.1 Å². The number of rotatable bonds is 5. The summed E-state index contributed by atoms with van der Waals surface area (Å²) in [7, 11) is -2.59. The van der Waals surface area contributed by atoms with Crippen LogP contribution in [0.1, 0.15) is 22.8 Å². The summed E-state index contributed by atoms with van der Waals surface area (Å²) in [6, 6.07) is 16.6. The van der Waals surface area contributed by atoms with E-state index >= 15 is 0 Å². The molecule has 36 heavy (non-hydrogen) atoms. The minimum absolute atomic E-state index is 0.100. The largest absolute Gasteiger partial charge is 0.474 e. The average Bonchev–Trinajstić information content (AvgIpc) is 2.84. The van der Waals surface area contributed by atoms with Crippen molar-refractivity contribution in [1.82, 2.24) is 0 Å². The van der Waals surface area contributed by atoms with Crippen molar-refractivity contribution < 1.29 is 31.2 Å². The Hall–Kier alpha value is -4.18. The fourth-order valence-corrected chi connectivity index (χ4v) is 4.77. The number of halogens is 3. The molecule has 1 aliphatic rings. The van der Waals surface area contributed by atoms with Gasteiger partial charge in [-0.25, -0.2) is 21.6 Å². The fourth-order valence-electron chi connectivity index (χ4n) is 4.27. The molecule has 0 fully saturated rings. The van der Waals surface area contributed by atoms with Crippen molar-refractivity contribution >= 4 is 27.6 Å². The van der Waals surface area contributed by atoms with Crippen LogP contribution in [-0.4, -0.2) is 13.3 Å². The average molecular weight is 511 g/mol. The molecule has 0 N–H and O–H groups in total. The van der Waals surface area contributed by atoms with Crippen LogP contribution in [0.2, 0.25) is 0 Å². The molecule has 1 atom stereocenters. The fraction of sp³-hybridized carbons (Fsp3) is 0.0769. The summed E-state index contributed by atoms with van der Waals surface area (Å²) in [6.07, 6.45) is -0.344. The molecular weight excluding hydrogens is 495 g/mol. The zero-order valence-electron chi connectivity index (χ0n) is 18.3. The molecule has 1 unspecified atom stereocenters. The number of ether oxygens (including phenoxy) is 1. The highest BCUT2D eigenvalue weighted by atomic mass is 32.2. The van der Waals surface area contributed by atoms with Gasteiger partial charge in [-0.15, -0.1) is 0 Å². The molecule has 0 radical (unpaired) electrons. The Morgan fingerprint density at radius 2 is 1.61 bits per heavy atom. The first-order valence-corrected chi connectivity index (χ1v) is 12.0. The lowest BCUT2D eigenvalue weighted by atomic mass is 9.94. The van der Waals surface area contributed by atoms with E-state index in [2.05, 4.69) is 0 Å². The van der Waals surface area contributed by atoms with E-state index < -0.39 is 50.4 Å². The van der Waals surface area contributed by atoms with Crippen LogP contribution < -0.4 is 4.74 Å². The predicted molar refractivity (Wildman–Crippen MR) is 128 cm³/mol. The molecule has 0 saturated heterocycles. The molecule has 0 aromatic heterocycles. The smallest absolute Gasteiger partial charge is 0.291 e. The number of thiol groups is 1. The second-order valence-corrected chi connectivity index (χ2v) is 9.20. The van der Waals surface area contributed by atoms with Crippen molar-refractivity contribution in [2.45, 2.75) is 11.9 Å². The van der Waals surface area contributed by atoms with Gasteiger partial charge in [-0.1, -0.05) is 42.5 Å². The molecule has 10 heteroatoms. The van der Waals surface area contributed by atoms with Gasteiger partial charge in [0.15, 0.2) is 11.6 Å². The van der Waals surface area contributed by atoms with Crippen LogP contribution in [0.5, 0.6) is 5.75 Å². The maximum absolute atomic E-state index is 14.5. The van der Waals surface area contributed by atoms with Crippen LogP contribution in [-0.2, 0) is 16.5 Å². The van der Waals surface area contributed by atoms with Crippen molar-refractivity contribution in [3.05, 3.63) is 117 Å². The molecule has 4 aromatic rings. The molecule has 1 heterocycles. The second-order valence-electron chi connectivity index (χ2n) is 8.22. The van der Waals surface area contributed by atoms with Gasteiger partial charge in [-0.2, -0.15) is 0 Å². The van der Waals surface area contributed by atoms with Crippen molar-refractivity contribution in [3.63, 3.8) is 0 Å². The van der Waals surface area contributed by atoms with Crippen molar-refractivity contribution in [3.8, 4) is 16.9 Å². The maximum atomic E-state index is 14.5. The first-order valence-electron chi connectivity index (χ1n) is 10.7. The zero-order chi connectivity index (χ0) is 25.6. The van der Waals surface area contributed by atoms with Crippen LogP contribution in [0.25, 0.3) is 28.0 Å². The van der Waals surface area contributed by atoms with Gasteiger partial charge in [0.25, 0.3) is 5.70 Å². The van der Waals surface area contributed by atoms with E-state index in [1.807, 2.05) is 18.2 Å². The first-order chi connectivity index (χ1) is 17.2. The Kier molecular flexibility index (Phi) is 5.97. The lowest BCUT2D eigenvalue weighted by Crippen LogP contribution is -2.21. The molecular formula is C26H16F3NO5S. The van der Waals surface area contributed by atoms with E-state index in [0.717, 1.165) is 16.5 Å². The van der Waals surface area contributed by atoms with Crippen LogP contribution in [0.3, 0.4) is 0 Å². The van der Waals surface area contributed by atoms with Gasteiger partial charge < -0.3 is 4.74 Å². The zero-order valence-corrected chi connectivity index (χ0v) is 19.2. The lowest BCUT2D eigenvalue weighted by Gasteiger charge is -2.24. The summed E-state index contributed by atoms with van der Waals surface area (Å²) in [4.78, 5) is 11.1. The third kappa shape index (κ3) is 4.31. The highest BCUT2D eigenvalue weighted by Gasteiger charge is 2.36. The van der Waals surface area contributed by atoms with Gasteiger partial charge >= 0.3 is 0 Å². The van der Waals surface area contributed by atoms with Crippen LogP contribution in [0, 0.1) is 27.6 Å². The van der Waals surface area contributed by atoms with Gasteiger partial charge in [0, 0.05) is 23.3 Å². The highest BCUT2D eigenvalue weighted by Crippen LogP contribution is 2.42. The molecule has 6 nitrogen and oxygen atoms in total. The first kappa shape index (κ1) is 23.6. The molecule has 182 valence electrons. The quantitative estimate of drug-likeness (QED) is 0.159. The Bertz CT molecular complexity index is 1660. The Labute approximate surface area is 204 Å². The third-order valence-corrected chi connectivity index (χ3v) is 6.56. The minimum atomic E-state index is -2.59. The van der Waals surface area contributed by atoms with E-state index in [4.69, 9.17) is 4.74 Å². The number of nitro groups is 1. The van der Waals surface area contributed by atoms with Crippen molar-refractivity contribution in [2.75, 3.05) is 0 Å². The standard InChI is InChI=1S/C26H16F3NO5S/c27-21-12-23(29)22(28)10-20(21)26-24(30(31)32)11-19-18-9-17(5-4-15(18)6-7-25(19)35-26)16-3-1-2-14(8-16)13-36(33)34/h1-12,26,36H,13H2. The highest BCUT2D eigenvalue weighted by molar-refractivity contribution is 7.71. The lowest BCUT2D eigenvalue weighted by molar-refractivity contribution is -0.434. The molecule has 4 aromatic carbocycles. The normalized spacial score (nSPS) is 14.9. The topological polar surface area (TPSA) is 86.5 Å². The SMILES string of the molecule is O=[N+]([O-])C1=Cc2c(ccc3ccc(-c4cccc(C[SH](=O)=O)c4)cc23)OC1c1cc(F)c(F)cc1F. The Morgan fingerprint density at radius 3 is 2.36 bits per heavy atom. The summed E-state index contributed by atoms with van der Waals surface area (Å²) in [5, 5.41) is 13.2. The number of benzene rings is 4. The molecule has 1 aliphatic heterocycles. The van der Waals surface area contributed by atoms with Gasteiger partial charge in [0.2, 0.25) is 6.10 Å². The number of fused-ring (bicyclic) bond motifs is 3. The van der Waals surface area contributed by atoms with Crippen LogP contribution in [0.15, 0.2) is 72.4 Å². The van der Waals surface area contributed by atoms with E-state index in [1.165, 1.54) is 6.08 Å². The third-order valence-electron chi connectivity index (χ3n) is 5.93. The van der Waals surface area contributed by atoms with Crippen LogP contribution >= 0.6 is 0 Å². The Balaban J connectivity index is 1.64. The molecule has 0 aliphatic carbocycles. The Morgan fingerprint density at radius 1 is 0.889 bits per heavy atom. The predicted octanol–water partition coefficient (Wildman–Crippen LogP) is 5.79. The van der Waals surface area contributed by atoms with E-state index in [1.54, 1.807) is 36.4 Å².